The maximum Gasteiger partial charge on any atom is 0.319 e. The Kier molecular flexibility index (Phi) is 2.75. The first-order chi connectivity index (χ1) is 6.02. The molecular formula is C8H14N2O3. The summed E-state index contributed by atoms with van der Waals surface area (Å²) in [5, 5.41) is 8.54. The molecule has 0 bridgehead atoms. The van der Waals surface area contributed by atoms with E-state index in [0.29, 0.717) is 6.54 Å². The van der Waals surface area contributed by atoms with E-state index in [2.05, 4.69) is 0 Å². The zero-order valence-electron chi connectivity index (χ0n) is 7.86. The van der Waals surface area contributed by atoms with Gasteiger partial charge in [0, 0.05) is 26.7 Å². The normalized spacial score (nSPS) is 20.8. The molecule has 1 heterocycles. The quantitative estimate of drug-likeness (QED) is 0.671. The fraction of sp³-hybridized carbons (Fsp3) is 0.750. The van der Waals surface area contributed by atoms with Gasteiger partial charge >= 0.3 is 12.0 Å². The first-order valence-corrected chi connectivity index (χ1v) is 4.22. The highest BCUT2D eigenvalue weighted by Crippen LogP contribution is 2.21. The summed E-state index contributed by atoms with van der Waals surface area (Å²) in [7, 11) is 3.33. The molecule has 5 heteroatoms. The molecule has 0 aliphatic carbocycles. The monoisotopic (exact) mass is 186 g/mol. The molecule has 2 amide bonds. The van der Waals surface area contributed by atoms with E-state index in [1.54, 1.807) is 19.0 Å². The van der Waals surface area contributed by atoms with Gasteiger partial charge in [-0.15, -0.1) is 0 Å². The van der Waals surface area contributed by atoms with Gasteiger partial charge in [0.25, 0.3) is 0 Å². The third-order valence-electron chi connectivity index (χ3n) is 2.18. The lowest BCUT2D eigenvalue weighted by Crippen LogP contribution is -2.55. The van der Waals surface area contributed by atoms with Crippen molar-refractivity contribution in [2.75, 3.05) is 20.6 Å². The van der Waals surface area contributed by atoms with Gasteiger partial charge in [0.05, 0.1) is 6.42 Å². The zero-order chi connectivity index (χ0) is 10.0. The van der Waals surface area contributed by atoms with Gasteiger partial charge in [-0.25, -0.2) is 4.79 Å². The van der Waals surface area contributed by atoms with Crippen LogP contribution in [-0.4, -0.2) is 53.6 Å². The molecule has 0 aromatic heterocycles. The van der Waals surface area contributed by atoms with Crippen LogP contribution in [0.25, 0.3) is 0 Å². The van der Waals surface area contributed by atoms with Crippen molar-refractivity contribution in [3.8, 4) is 0 Å². The number of aliphatic carboxylic acids is 1. The van der Waals surface area contributed by atoms with Crippen LogP contribution in [0.2, 0.25) is 0 Å². The summed E-state index contributed by atoms with van der Waals surface area (Å²) in [5.41, 5.74) is 0. The fourth-order valence-electron chi connectivity index (χ4n) is 1.36. The summed E-state index contributed by atoms with van der Waals surface area (Å²) >= 11 is 0. The fourth-order valence-corrected chi connectivity index (χ4v) is 1.36. The molecule has 0 radical (unpaired) electrons. The molecule has 1 rings (SSSR count). The van der Waals surface area contributed by atoms with Gasteiger partial charge in [-0.3, -0.25) is 4.79 Å². The lowest BCUT2D eigenvalue weighted by atomic mass is 10.0. The van der Waals surface area contributed by atoms with Crippen LogP contribution in [0.15, 0.2) is 0 Å². The van der Waals surface area contributed by atoms with E-state index in [1.807, 2.05) is 0 Å². The van der Waals surface area contributed by atoms with Gasteiger partial charge in [0.15, 0.2) is 0 Å². The van der Waals surface area contributed by atoms with E-state index in [9.17, 15) is 9.59 Å². The minimum absolute atomic E-state index is 0.0551. The van der Waals surface area contributed by atoms with Crippen molar-refractivity contribution in [3.63, 3.8) is 0 Å². The number of hydrogen-bond donors (Lipinski definition) is 1. The Morgan fingerprint density at radius 3 is 2.46 bits per heavy atom. The number of rotatable bonds is 2. The van der Waals surface area contributed by atoms with Gasteiger partial charge in [0.2, 0.25) is 0 Å². The van der Waals surface area contributed by atoms with Crippen LogP contribution in [0.4, 0.5) is 4.79 Å². The summed E-state index contributed by atoms with van der Waals surface area (Å²) in [6, 6.07) is -0.204. The van der Waals surface area contributed by atoms with E-state index >= 15 is 0 Å². The predicted molar refractivity (Wildman–Crippen MR) is 46.4 cm³/mol. The Bertz CT molecular complexity index is 227. The minimum atomic E-state index is -0.846. The maximum atomic E-state index is 11.4. The van der Waals surface area contributed by atoms with Crippen molar-refractivity contribution in [2.45, 2.75) is 18.9 Å². The van der Waals surface area contributed by atoms with Crippen molar-refractivity contribution in [1.82, 2.24) is 9.80 Å². The molecule has 1 saturated heterocycles. The molecule has 0 aromatic carbocycles. The number of carboxylic acid groups (broad SMARTS) is 1. The van der Waals surface area contributed by atoms with Crippen LogP contribution in [0.5, 0.6) is 0 Å². The number of carbonyl (C=O) groups is 2. The standard InChI is InChI=1S/C8H14N2O3/c1-9(2)8(13)10-4-3-6(10)5-7(11)12/h6H,3-5H2,1-2H3,(H,11,12). The number of amides is 2. The number of carboxylic acids is 1. The molecule has 1 aliphatic rings. The van der Waals surface area contributed by atoms with Crippen LogP contribution < -0.4 is 0 Å². The third-order valence-corrected chi connectivity index (χ3v) is 2.18. The van der Waals surface area contributed by atoms with E-state index in [1.165, 1.54) is 4.90 Å². The smallest absolute Gasteiger partial charge is 0.319 e. The van der Waals surface area contributed by atoms with Gasteiger partial charge in [0.1, 0.15) is 0 Å². The van der Waals surface area contributed by atoms with Crippen molar-refractivity contribution >= 4 is 12.0 Å². The Morgan fingerprint density at radius 1 is 1.54 bits per heavy atom. The summed E-state index contributed by atoms with van der Waals surface area (Å²) < 4.78 is 0. The maximum absolute atomic E-state index is 11.4. The molecule has 5 nitrogen and oxygen atoms in total. The Hall–Kier alpha value is -1.26. The van der Waals surface area contributed by atoms with Crippen LogP contribution in [-0.2, 0) is 4.79 Å². The average Bonchev–Trinajstić information content (AvgIpc) is 1.98. The van der Waals surface area contributed by atoms with Crippen molar-refractivity contribution in [1.29, 1.82) is 0 Å². The number of urea groups is 1. The van der Waals surface area contributed by atoms with Crippen molar-refractivity contribution in [3.05, 3.63) is 0 Å². The van der Waals surface area contributed by atoms with Gasteiger partial charge < -0.3 is 14.9 Å². The molecule has 0 saturated carbocycles. The summed E-state index contributed by atoms with van der Waals surface area (Å²) in [6.45, 7) is 0.676. The molecule has 1 aliphatic heterocycles. The molecule has 0 spiro atoms. The second kappa shape index (κ2) is 3.64. The molecule has 1 atom stereocenters. The third kappa shape index (κ3) is 2.11. The van der Waals surface area contributed by atoms with E-state index in [4.69, 9.17) is 5.11 Å². The minimum Gasteiger partial charge on any atom is -0.481 e. The lowest BCUT2D eigenvalue weighted by Gasteiger charge is -2.41. The highest BCUT2D eigenvalue weighted by atomic mass is 16.4. The zero-order valence-corrected chi connectivity index (χ0v) is 7.86. The molecule has 13 heavy (non-hydrogen) atoms. The Morgan fingerprint density at radius 2 is 2.15 bits per heavy atom. The molecular weight excluding hydrogens is 172 g/mol. The summed E-state index contributed by atoms with van der Waals surface area (Å²) in [6.07, 6.45) is 0.853. The lowest BCUT2D eigenvalue weighted by molar-refractivity contribution is -0.139. The van der Waals surface area contributed by atoms with Gasteiger partial charge in [-0.2, -0.15) is 0 Å². The van der Waals surface area contributed by atoms with Gasteiger partial charge in [-0.05, 0) is 6.42 Å². The van der Waals surface area contributed by atoms with Crippen molar-refractivity contribution in [2.24, 2.45) is 0 Å². The van der Waals surface area contributed by atoms with Crippen LogP contribution in [0.1, 0.15) is 12.8 Å². The topological polar surface area (TPSA) is 60.9 Å². The Labute approximate surface area is 76.9 Å². The first-order valence-electron chi connectivity index (χ1n) is 4.22. The number of hydrogen-bond acceptors (Lipinski definition) is 2. The van der Waals surface area contributed by atoms with Crippen LogP contribution >= 0.6 is 0 Å². The van der Waals surface area contributed by atoms with Crippen molar-refractivity contribution < 1.29 is 14.7 Å². The highest BCUT2D eigenvalue weighted by Gasteiger charge is 2.34. The number of carbonyl (C=O) groups excluding carboxylic acids is 1. The van der Waals surface area contributed by atoms with Gasteiger partial charge in [-0.1, -0.05) is 0 Å². The molecule has 1 unspecified atom stereocenters. The largest absolute Gasteiger partial charge is 0.481 e. The van der Waals surface area contributed by atoms with E-state index in [0.717, 1.165) is 6.42 Å². The highest BCUT2D eigenvalue weighted by molar-refractivity contribution is 5.76. The second-order valence-electron chi connectivity index (χ2n) is 3.41. The van der Waals surface area contributed by atoms with E-state index < -0.39 is 5.97 Å². The first kappa shape index (κ1) is 9.83. The molecule has 1 N–H and O–H groups in total. The molecule has 0 aromatic rings. The number of nitrogens with zero attached hydrogens (tertiary/aromatic N) is 2. The van der Waals surface area contributed by atoms with Crippen LogP contribution in [0.3, 0.4) is 0 Å². The average molecular weight is 186 g/mol. The summed E-state index contributed by atoms with van der Waals surface area (Å²) in [4.78, 5) is 24.8. The van der Waals surface area contributed by atoms with E-state index in [-0.39, 0.29) is 18.5 Å². The SMILES string of the molecule is CN(C)C(=O)N1CCC1CC(=O)O. The van der Waals surface area contributed by atoms with Crippen LogP contribution in [0, 0.1) is 0 Å². The molecule has 74 valence electrons. The summed E-state index contributed by atoms with van der Waals surface area (Å²) in [5.74, 6) is -0.846. The Balaban J connectivity index is 2.45. The molecule has 1 fully saturated rings. The predicted octanol–water partition coefficient (Wildman–Crippen LogP) is 0.217. The number of likely N-dealkylation sites (tertiary alicyclic amines) is 1. The second-order valence-corrected chi connectivity index (χ2v) is 3.41.